The van der Waals surface area contributed by atoms with Gasteiger partial charge in [0.1, 0.15) is 17.3 Å². The summed E-state index contributed by atoms with van der Waals surface area (Å²) in [5, 5.41) is 7.50. The molecule has 1 amide bonds. The molecule has 0 saturated heterocycles. The number of rotatable bonds is 8. The molecule has 3 aromatic carbocycles. The minimum atomic E-state index is -0.332. The van der Waals surface area contributed by atoms with Crippen molar-refractivity contribution < 1.29 is 13.9 Å². The Kier molecular flexibility index (Phi) is 6.36. The molecule has 6 heteroatoms. The second-order valence-electron chi connectivity index (χ2n) is 9.29. The number of halogens is 1. The van der Waals surface area contributed by atoms with E-state index in [0.29, 0.717) is 24.8 Å². The number of hydrogen-bond acceptors (Lipinski definition) is 3. The highest BCUT2D eigenvalue weighted by Gasteiger charge is 2.42. The van der Waals surface area contributed by atoms with Gasteiger partial charge >= 0.3 is 0 Å². The molecule has 5 nitrogen and oxygen atoms in total. The average Bonchev–Trinajstić information content (AvgIpc) is 3.41. The zero-order valence-electron chi connectivity index (χ0n) is 19.9. The molecule has 1 N–H and O–H groups in total. The topological polar surface area (TPSA) is 58.2 Å². The third kappa shape index (κ3) is 4.69. The van der Waals surface area contributed by atoms with Crippen LogP contribution in [0, 0.1) is 11.7 Å². The predicted molar refractivity (Wildman–Crippen MR) is 134 cm³/mol. The van der Waals surface area contributed by atoms with E-state index in [0.717, 1.165) is 40.1 Å². The van der Waals surface area contributed by atoms with Crippen molar-refractivity contribution in [3.05, 3.63) is 107 Å². The minimum absolute atomic E-state index is 0.124. The van der Waals surface area contributed by atoms with E-state index in [4.69, 9.17) is 4.74 Å². The van der Waals surface area contributed by atoms with E-state index in [1.54, 1.807) is 12.1 Å². The molecule has 0 aliphatic carbocycles. The van der Waals surface area contributed by atoms with E-state index < -0.39 is 0 Å². The lowest BCUT2D eigenvalue weighted by atomic mass is 9.96. The first kappa shape index (κ1) is 22.8. The average molecular weight is 470 g/mol. The highest BCUT2D eigenvalue weighted by molar-refractivity contribution is 6.00. The number of ether oxygens (including phenoxy) is 1. The smallest absolute Gasteiger partial charge is 0.273 e. The van der Waals surface area contributed by atoms with E-state index in [9.17, 15) is 9.18 Å². The quantitative estimate of drug-likeness (QED) is 0.325. The SMILES string of the molecule is CC(C)CCOc1ccc(C2c3c(-c4ccccc4)n[nH]c3C(=O)N2Cc2ccc(F)cc2)cc1. The van der Waals surface area contributed by atoms with Gasteiger partial charge in [-0.05, 0) is 47.7 Å². The van der Waals surface area contributed by atoms with Crippen molar-refractivity contribution >= 4 is 5.91 Å². The van der Waals surface area contributed by atoms with Gasteiger partial charge < -0.3 is 9.64 Å². The zero-order valence-corrected chi connectivity index (χ0v) is 19.9. The van der Waals surface area contributed by atoms with Crippen molar-refractivity contribution in [2.75, 3.05) is 6.61 Å². The van der Waals surface area contributed by atoms with Crippen LogP contribution in [0.5, 0.6) is 5.75 Å². The normalized spacial score (nSPS) is 15.0. The largest absolute Gasteiger partial charge is 0.494 e. The maximum atomic E-state index is 13.5. The summed E-state index contributed by atoms with van der Waals surface area (Å²) in [5.74, 6) is 0.961. The van der Waals surface area contributed by atoms with Gasteiger partial charge in [0, 0.05) is 17.7 Å². The number of nitrogens with one attached hydrogen (secondary N) is 1. The summed E-state index contributed by atoms with van der Waals surface area (Å²) in [4.78, 5) is 15.3. The van der Waals surface area contributed by atoms with E-state index >= 15 is 0 Å². The molecule has 5 rings (SSSR count). The Morgan fingerprint density at radius 2 is 1.71 bits per heavy atom. The second kappa shape index (κ2) is 9.74. The van der Waals surface area contributed by atoms with Gasteiger partial charge in [0.2, 0.25) is 0 Å². The lowest BCUT2D eigenvalue weighted by Crippen LogP contribution is -2.29. The van der Waals surface area contributed by atoms with Crippen molar-refractivity contribution in [2.24, 2.45) is 5.92 Å². The molecule has 2 heterocycles. The summed E-state index contributed by atoms with van der Waals surface area (Å²) < 4.78 is 19.4. The fourth-order valence-corrected chi connectivity index (χ4v) is 4.47. The highest BCUT2D eigenvalue weighted by Crippen LogP contribution is 2.43. The van der Waals surface area contributed by atoms with Crippen molar-refractivity contribution in [1.82, 2.24) is 15.1 Å². The van der Waals surface area contributed by atoms with Crippen LogP contribution in [0.1, 0.15) is 53.5 Å². The molecule has 0 fully saturated rings. The summed E-state index contributed by atoms with van der Waals surface area (Å²) in [6, 6.07) is 23.7. The third-order valence-corrected chi connectivity index (χ3v) is 6.34. The Balaban J connectivity index is 1.52. The third-order valence-electron chi connectivity index (χ3n) is 6.34. The van der Waals surface area contributed by atoms with Gasteiger partial charge in [-0.1, -0.05) is 68.4 Å². The summed E-state index contributed by atoms with van der Waals surface area (Å²) >= 11 is 0. The maximum Gasteiger partial charge on any atom is 0.273 e. The molecule has 4 aromatic rings. The zero-order chi connectivity index (χ0) is 24.4. The number of carbonyl (C=O) groups is 1. The molecule has 1 aromatic heterocycles. The van der Waals surface area contributed by atoms with Crippen LogP contribution in [0.2, 0.25) is 0 Å². The Morgan fingerprint density at radius 1 is 1.00 bits per heavy atom. The van der Waals surface area contributed by atoms with Crippen molar-refractivity contribution in [2.45, 2.75) is 32.9 Å². The molecule has 1 aliphatic heterocycles. The van der Waals surface area contributed by atoms with E-state index in [-0.39, 0.29) is 17.8 Å². The fourth-order valence-electron chi connectivity index (χ4n) is 4.47. The summed E-state index contributed by atoms with van der Waals surface area (Å²) in [5.41, 5.74) is 4.88. The molecule has 1 unspecified atom stereocenters. The minimum Gasteiger partial charge on any atom is -0.494 e. The first-order valence-corrected chi connectivity index (χ1v) is 11.9. The highest BCUT2D eigenvalue weighted by atomic mass is 19.1. The lowest BCUT2D eigenvalue weighted by molar-refractivity contribution is 0.0730. The van der Waals surface area contributed by atoms with Crippen LogP contribution in [-0.2, 0) is 6.54 Å². The molecule has 178 valence electrons. The number of aromatic amines is 1. The molecule has 0 bridgehead atoms. The van der Waals surface area contributed by atoms with Crippen LogP contribution in [-0.4, -0.2) is 27.6 Å². The van der Waals surface area contributed by atoms with Gasteiger partial charge in [0.15, 0.2) is 0 Å². The number of fused-ring (bicyclic) bond motifs is 1. The van der Waals surface area contributed by atoms with Crippen LogP contribution in [0.4, 0.5) is 4.39 Å². The number of hydrogen-bond donors (Lipinski definition) is 1. The monoisotopic (exact) mass is 469 g/mol. The van der Waals surface area contributed by atoms with Crippen LogP contribution in [0.15, 0.2) is 78.9 Å². The lowest BCUT2D eigenvalue weighted by Gasteiger charge is -2.26. The number of carbonyl (C=O) groups excluding carboxylic acids is 1. The molecular formula is C29H28FN3O2. The first-order chi connectivity index (χ1) is 17.0. The van der Waals surface area contributed by atoms with Gasteiger partial charge in [-0.2, -0.15) is 5.10 Å². The molecular weight excluding hydrogens is 441 g/mol. The summed E-state index contributed by atoms with van der Waals surface area (Å²) in [6.45, 7) is 5.37. The van der Waals surface area contributed by atoms with Gasteiger partial charge in [-0.15, -0.1) is 0 Å². The van der Waals surface area contributed by atoms with Crippen molar-refractivity contribution in [1.29, 1.82) is 0 Å². The standard InChI is InChI=1S/C29H28FN3O2/c1-19(2)16-17-35-24-14-10-22(11-15-24)28-25-26(21-6-4-3-5-7-21)31-32-27(25)29(34)33(28)18-20-8-12-23(30)13-9-20/h3-15,19,28H,16-18H2,1-2H3,(H,31,32). The van der Waals surface area contributed by atoms with Crippen LogP contribution in [0.25, 0.3) is 11.3 Å². The van der Waals surface area contributed by atoms with E-state index in [2.05, 4.69) is 24.0 Å². The number of amides is 1. The molecule has 0 radical (unpaired) electrons. The number of benzene rings is 3. The molecule has 1 atom stereocenters. The van der Waals surface area contributed by atoms with Crippen LogP contribution >= 0.6 is 0 Å². The Morgan fingerprint density at radius 3 is 2.40 bits per heavy atom. The van der Waals surface area contributed by atoms with Gasteiger partial charge in [-0.3, -0.25) is 9.89 Å². The second-order valence-corrected chi connectivity index (χ2v) is 9.29. The van der Waals surface area contributed by atoms with E-state index in [1.807, 2.05) is 59.5 Å². The Bertz CT molecular complexity index is 1300. The number of aromatic nitrogens is 2. The number of nitrogens with zero attached hydrogens (tertiary/aromatic N) is 2. The van der Waals surface area contributed by atoms with Crippen molar-refractivity contribution in [3.8, 4) is 17.0 Å². The molecule has 0 saturated carbocycles. The first-order valence-electron chi connectivity index (χ1n) is 11.9. The van der Waals surface area contributed by atoms with Gasteiger partial charge in [0.25, 0.3) is 5.91 Å². The van der Waals surface area contributed by atoms with E-state index in [1.165, 1.54) is 12.1 Å². The fraction of sp³-hybridized carbons (Fsp3) is 0.241. The Labute approximate surface area is 204 Å². The molecule has 1 aliphatic rings. The van der Waals surface area contributed by atoms with Crippen molar-refractivity contribution in [3.63, 3.8) is 0 Å². The maximum absolute atomic E-state index is 13.5. The summed E-state index contributed by atoms with van der Waals surface area (Å²) in [6.07, 6.45) is 0.989. The number of H-pyrrole nitrogens is 1. The predicted octanol–water partition coefficient (Wildman–Crippen LogP) is 6.39. The molecule has 0 spiro atoms. The van der Waals surface area contributed by atoms with Crippen LogP contribution < -0.4 is 4.74 Å². The van der Waals surface area contributed by atoms with Gasteiger partial charge in [-0.25, -0.2) is 4.39 Å². The molecule has 35 heavy (non-hydrogen) atoms. The van der Waals surface area contributed by atoms with Crippen LogP contribution in [0.3, 0.4) is 0 Å². The summed E-state index contributed by atoms with van der Waals surface area (Å²) in [7, 11) is 0. The van der Waals surface area contributed by atoms with Gasteiger partial charge in [0.05, 0.1) is 18.3 Å². The Hall–Kier alpha value is -3.93.